The molecule has 0 saturated heterocycles. The quantitative estimate of drug-likeness (QED) is 0.722. The van der Waals surface area contributed by atoms with E-state index in [0.29, 0.717) is 9.59 Å². The fourth-order valence-electron chi connectivity index (χ4n) is 2.39. The van der Waals surface area contributed by atoms with Gasteiger partial charge < -0.3 is 14.6 Å². The first-order valence-electron chi connectivity index (χ1n) is 7.61. The van der Waals surface area contributed by atoms with Gasteiger partial charge in [0.15, 0.2) is 6.73 Å². The lowest BCUT2D eigenvalue weighted by Gasteiger charge is -2.16. The van der Waals surface area contributed by atoms with Crippen molar-refractivity contribution < 1.29 is 27.5 Å². The van der Waals surface area contributed by atoms with Crippen molar-refractivity contribution in [2.75, 3.05) is 6.54 Å². The Bertz CT molecular complexity index is 948. The number of rotatable bonds is 5. The first-order valence-corrected chi connectivity index (χ1v) is 8.37. The van der Waals surface area contributed by atoms with Crippen molar-refractivity contribution in [3.8, 4) is 17.3 Å². The van der Waals surface area contributed by atoms with Gasteiger partial charge in [0.2, 0.25) is 5.91 Å². The van der Waals surface area contributed by atoms with E-state index in [1.165, 1.54) is 31.2 Å². The number of hydrogen-bond donors (Lipinski definition) is 1. The number of nitrogens with one attached hydrogen (secondary N) is 1. The van der Waals surface area contributed by atoms with Crippen molar-refractivity contribution >= 4 is 35.1 Å². The predicted octanol–water partition coefficient (Wildman–Crippen LogP) is 3.99. The third kappa shape index (κ3) is 4.77. The van der Waals surface area contributed by atoms with Gasteiger partial charge in [0.25, 0.3) is 0 Å². The molecule has 2 rings (SSSR count). The molecule has 148 valence electrons. The molecule has 1 heterocycles. The number of hydrogen-bond acceptors (Lipinski definition) is 4. The summed E-state index contributed by atoms with van der Waals surface area (Å²) in [6, 6.07) is 7.33. The summed E-state index contributed by atoms with van der Waals surface area (Å²) in [6.07, 6.45) is -4.92. The van der Waals surface area contributed by atoms with Gasteiger partial charge >= 0.3 is 12.1 Å². The van der Waals surface area contributed by atoms with E-state index in [0.717, 1.165) is 0 Å². The van der Waals surface area contributed by atoms with Crippen molar-refractivity contribution in [1.82, 2.24) is 9.88 Å². The minimum Gasteiger partial charge on any atom is -0.443 e. The zero-order valence-electron chi connectivity index (χ0n) is 14.2. The number of amides is 1. The van der Waals surface area contributed by atoms with Gasteiger partial charge in [-0.15, -0.1) is 0 Å². The monoisotopic (exact) mass is 433 g/mol. The lowest BCUT2D eigenvalue weighted by Crippen LogP contribution is -2.29. The molecular weight excluding hydrogens is 422 g/mol. The summed E-state index contributed by atoms with van der Waals surface area (Å²) in [5.41, 5.74) is -1.71. The summed E-state index contributed by atoms with van der Waals surface area (Å²) < 4.78 is 46.1. The van der Waals surface area contributed by atoms with E-state index in [1.807, 2.05) is 0 Å². The Morgan fingerprint density at radius 2 is 1.86 bits per heavy atom. The highest BCUT2D eigenvalue weighted by atomic mass is 35.5. The number of alkyl halides is 3. The van der Waals surface area contributed by atoms with Crippen LogP contribution in [0.1, 0.15) is 18.2 Å². The van der Waals surface area contributed by atoms with E-state index in [9.17, 15) is 28.0 Å². The standard InChI is InChI=1S/C17H12Cl2F3N3O3/c1-9(26)24-7-13(27)28-8-25-15(10-2-4-11(18)5-3-10)12(6-23)14(19)16(25)17(20,21)22/h2-5H,7-8H2,1H3,(H,24,26). The Labute approximate surface area is 167 Å². The second-order valence-corrected chi connectivity index (χ2v) is 6.30. The maximum Gasteiger partial charge on any atom is 0.433 e. The Morgan fingerprint density at radius 1 is 1.25 bits per heavy atom. The maximum absolute atomic E-state index is 13.6. The zero-order valence-corrected chi connectivity index (χ0v) is 15.7. The molecule has 11 heteroatoms. The molecule has 1 aromatic heterocycles. The van der Waals surface area contributed by atoms with Crippen molar-refractivity contribution in [3.63, 3.8) is 0 Å². The molecule has 1 amide bonds. The number of nitrogens with zero attached hydrogens (tertiary/aromatic N) is 2. The smallest absolute Gasteiger partial charge is 0.433 e. The number of ether oxygens (including phenoxy) is 1. The Balaban J connectivity index is 2.54. The fraction of sp³-hybridized carbons (Fsp3) is 0.235. The topological polar surface area (TPSA) is 84.1 Å². The number of halogens is 5. The van der Waals surface area contributed by atoms with E-state index in [2.05, 4.69) is 5.32 Å². The van der Waals surface area contributed by atoms with Crippen LogP contribution in [0.2, 0.25) is 10.0 Å². The third-order valence-electron chi connectivity index (χ3n) is 3.54. The molecule has 28 heavy (non-hydrogen) atoms. The molecule has 0 radical (unpaired) electrons. The van der Waals surface area contributed by atoms with Crippen LogP contribution < -0.4 is 5.32 Å². The Hall–Kier alpha value is -2.70. The maximum atomic E-state index is 13.6. The van der Waals surface area contributed by atoms with Crippen molar-refractivity contribution in [2.45, 2.75) is 19.8 Å². The molecule has 0 fully saturated rings. The van der Waals surface area contributed by atoms with Crippen molar-refractivity contribution in [1.29, 1.82) is 5.26 Å². The Morgan fingerprint density at radius 3 is 2.36 bits per heavy atom. The average molecular weight is 434 g/mol. The lowest BCUT2D eigenvalue weighted by molar-refractivity contribution is -0.154. The second-order valence-electron chi connectivity index (χ2n) is 5.49. The number of aromatic nitrogens is 1. The van der Waals surface area contributed by atoms with E-state index >= 15 is 0 Å². The highest BCUT2D eigenvalue weighted by Crippen LogP contribution is 2.43. The van der Waals surface area contributed by atoms with Crippen LogP contribution in [-0.2, 0) is 27.2 Å². The van der Waals surface area contributed by atoms with E-state index in [1.54, 1.807) is 6.07 Å². The third-order valence-corrected chi connectivity index (χ3v) is 4.16. The second kappa shape index (κ2) is 8.54. The number of nitriles is 1. The number of benzene rings is 1. The molecular formula is C17H12Cl2F3N3O3. The van der Waals surface area contributed by atoms with Crippen LogP contribution in [0, 0.1) is 11.3 Å². The number of carbonyl (C=O) groups excluding carboxylic acids is 2. The van der Waals surface area contributed by atoms with Crippen molar-refractivity contribution in [2.24, 2.45) is 0 Å². The molecule has 0 unspecified atom stereocenters. The molecule has 1 N–H and O–H groups in total. The predicted molar refractivity (Wildman–Crippen MR) is 94.4 cm³/mol. The van der Waals surface area contributed by atoms with Crippen LogP contribution in [0.25, 0.3) is 11.3 Å². The number of esters is 1. The molecule has 0 saturated carbocycles. The van der Waals surface area contributed by atoms with Gasteiger partial charge in [-0.25, -0.2) is 0 Å². The van der Waals surface area contributed by atoms with Crippen LogP contribution in [0.3, 0.4) is 0 Å². The van der Waals surface area contributed by atoms with Gasteiger partial charge in [0, 0.05) is 11.9 Å². The highest BCUT2D eigenvalue weighted by Gasteiger charge is 2.41. The molecule has 0 atom stereocenters. The van der Waals surface area contributed by atoms with Gasteiger partial charge in [-0.2, -0.15) is 18.4 Å². The summed E-state index contributed by atoms with van der Waals surface area (Å²) in [4.78, 5) is 22.5. The minimum absolute atomic E-state index is 0.177. The van der Waals surface area contributed by atoms with Crippen LogP contribution in [0.15, 0.2) is 24.3 Å². The van der Waals surface area contributed by atoms with Crippen LogP contribution in [0.4, 0.5) is 13.2 Å². The largest absolute Gasteiger partial charge is 0.443 e. The van der Waals surface area contributed by atoms with Crippen LogP contribution >= 0.6 is 23.2 Å². The molecule has 0 aliphatic heterocycles. The minimum atomic E-state index is -4.92. The Kier molecular flexibility index (Phi) is 6.59. The fourth-order valence-corrected chi connectivity index (χ4v) is 2.86. The van der Waals surface area contributed by atoms with E-state index in [4.69, 9.17) is 27.9 Å². The summed E-state index contributed by atoms with van der Waals surface area (Å²) in [7, 11) is 0. The molecule has 0 spiro atoms. The van der Waals surface area contributed by atoms with Gasteiger partial charge in [-0.3, -0.25) is 9.59 Å². The SMILES string of the molecule is CC(=O)NCC(=O)OCn1c(-c2ccc(Cl)cc2)c(C#N)c(Cl)c1C(F)(F)F. The average Bonchev–Trinajstić information content (AvgIpc) is 2.90. The molecule has 0 bridgehead atoms. The molecule has 0 aliphatic carbocycles. The summed E-state index contributed by atoms with van der Waals surface area (Å²) in [6.45, 7) is -0.224. The molecule has 2 aromatic rings. The summed E-state index contributed by atoms with van der Waals surface area (Å²) in [5, 5.41) is 11.0. The van der Waals surface area contributed by atoms with Gasteiger partial charge in [-0.1, -0.05) is 35.3 Å². The normalized spacial score (nSPS) is 11.0. The first kappa shape index (κ1) is 21.6. The molecule has 0 aliphatic rings. The van der Waals surface area contributed by atoms with E-state index < -0.39 is 47.6 Å². The van der Waals surface area contributed by atoms with Gasteiger partial charge in [-0.05, 0) is 17.7 Å². The zero-order chi connectivity index (χ0) is 21.1. The summed E-state index contributed by atoms with van der Waals surface area (Å²) >= 11 is 11.6. The van der Waals surface area contributed by atoms with Crippen molar-refractivity contribution in [3.05, 3.63) is 45.6 Å². The van der Waals surface area contributed by atoms with Gasteiger partial charge in [0.1, 0.15) is 18.3 Å². The first-order chi connectivity index (χ1) is 13.1. The molecule has 1 aromatic carbocycles. The van der Waals surface area contributed by atoms with Gasteiger partial charge in [0.05, 0.1) is 16.3 Å². The lowest BCUT2D eigenvalue weighted by atomic mass is 10.1. The number of carbonyl (C=O) groups is 2. The van der Waals surface area contributed by atoms with E-state index in [-0.39, 0.29) is 11.3 Å². The van der Waals surface area contributed by atoms with Crippen LogP contribution in [-0.4, -0.2) is 23.0 Å². The van der Waals surface area contributed by atoms with Crippen LogP contribution in [0.5, 0.6) is 0 Å². The summed E-state index contributed by atoms with van der Waals surface area (Å²) in [5.74, 6) is -1.47. The highest BCUT2D eigenvalue weighted by molar-refractivity contribution is 6.33. The molecule has 6 nitrogen and oxygen atoms in total.